The first-order chi connectivity index (χ1) is 10.6. The summed E-state index contributed by atoms with van der Waals surface area (Å²) in [4.78, 5) is 4.41. The molecule has 8 heteroatoms. The van der Waals surface area contributed by atoms with Crippen LogP contribution in [0, 0.1) is 0 Å². The van der Waals surface area contributed by atoms with Crippen LogP contribution in [0.4, 0.5) is 0 Å². The van der Waals surface area contributed by atoms with Crippen LogP contribution in [0.1, 0.15) is 31.2 Å². The topological polar surface area (TPSA) is 82.5 Å². The van der Waals surface area contributed by atoms with Gasteiger partial charge in [0.15, 0.2) is 0 Å². The molecular weight excluding hydrogens is 300 g/mol. The van der Waals surface area contributed by atoms with Gasteiger partial charge >= 0.3 is 0 Å². The molecule has 0 atom stereocenters. The van der Waals surface area contributed by atoms with Gasteiger partial charge in [-0.25, -0.2) is 4.68 Å². The average molecular weight is 316 g/mol. The van der Waals surface area contributed by atoms with Gasteiger partial charge in [-0.2, -0.15) is 4.98 Å². The molecule has 3 rings (SSSR count). The van der Waals surface area contributed by atoms with Gasteiger partial charge in [0.2, 0.25) is 16.9 Å². The molecule has 0 unspecified atom stereocenters. The third-order valence-corrected chi connectivity index (χ3v) is 4.21. The van der Waals surface area contributed by atoms with Gasteiger partial charge < -0.3 is 4.52 Å². The Balaban J connectivity index is 1.69. The first kappa shape index (κ1) is 14.7. The van der Waals surface area contributed by atoms with Gasteiger partial charge in [-0.15, -0.1) is 5.10 Å². The molecule has 0 aliphatic heterocycles. The normalized spacial score (nSPS) is 11.3. The summed E-state index contributed by atoms with van der Waals surface area (Å²) < 4.78 is 6.88. The van der Waals surface area contributed by atoms with Crippen molar-refractivity contribution < 1.29 is 4.52 Å². The monoisotopic (exact) mass is 316 g/mol. The van der Waals surface area contributed by atoms with E-state index in [4.69, 9.17) is 4.52 Å². The second kappa shape index (κ2) is 6.27. The van der Waals surface area contributed by atoms with Gasteiger partial charge in [0.25, 0.3) is 0 Å². The molecule has 0 spiro atoms. The minimum atomic E-state index is 0.506. The van der Waals surface area contributed by atoms with Gasteiger partial charge in [0.05, 0.1) is 5.75 Å². The Hall–Kier alpha value is -2.22. The molecular formula is C14H16N6OS. The van der Waals surface area contributed by atoms with Crippen LogP contribution in [0.3, 0.4) is 0 Å². The van der Waals surface area contributed by atoms with Crippen molar-refractivity contribution in [3.63, 3.8) is 0 Å². The predicted molar refractivity (Wildman–Crippen MR) is 82.2 cm³/mol. The molecule has 0 amide bonds. The van der Waals surface area contributed by atoms with Gasteiger partial charge in [-0.3, -0.25) is 0 Å². The summed E-state index contributed by atoms with van der Waals surface area (Å²) in [6.45, 7) is 4.33. The number of aromatic nitrogens is 6. The van der Waals surface area contributed by atoms with E-state index in [-0.39, 0.29) is 0 Å². The van der Waals surface area contributed by atoms with E-state index in [9.17, 15) is 0 Å². The third kappa shape index (κ3) is 3.16. The minimum absolute atomic E-state index is 0.506. The quantitative estimate of drug-likeness (QED) is 0.669. The molecule has 114 valence electrons. The van der Waals surface area contributed by atoms with E-state index in [2.05, 4.69) is 51.6 Å². The minimum Gasteiger partial charge on any atom is -0.338 e. The molecule has 0 aliphatic rings. The highest BCUT2D eigenvalue weighted by Gasteiger charge is 2.11. The number of thioether (sulfide) groups is 1. The standard InChI is InChI=1S/C14H16N6OS/c1-9(2)10-4-6-11(7-5-10)13-15-12(21-17-13)8-22-14-16-18-19-20(14)3/h4-7,9H,8H2,1-3H3. The van der Waals surface area contributed by atoms with Crippen molar-refractivity contribution in [2.45, 2.75) is 30.7 Å². The first-order valence-electron chi connectivity index (χ1n) is 6.91. The van der Waals surface area contributed by atoms with Crippen LogP contribution in [-0.2, 0) is 12.8 Å². The lowest BCUT2D eigenvalue weighted by atomic mass is 10.0. The van der Waals surface area contributed by atoms with E-state index in [1.54, 1.807) is 11.7 Å². The number of nitrogens with zero attached hydrogens (tertiary/aromatic N) is 6. The van der Waals surface area contributed by atoms with Crippen molar-refractivity contribution >= 4 is 11.8 Å². The molecule has 3 aromatic rings. The molecule has 0 radical (unpaired) electrons. The zero-order chi connectivity index (χ0) is 15.5. The molecule has 0 saturated heterocycles. The maximum atomic E-state index is 5.28. The Bertz CT molecular complexity index is 749. The van der Waals surface area contributed by atoms with Gasteiger partial charge in [0, 0.05) is 12.6 Å². The van der Waals surface area contributed by atoms with E-state index in [1.807, 2.05) is 12.1 Å². The average Bonchev–Trinajstić information content (AvgIpc) is 3.14. The predicted octanol–water partition coefficient (Wildman–Crippen LogP) is 2.68. The zero-order valence-corrected chi connectivity index (χ0v) is 13.4. The van der Waals surface area contributed by atoms with Crippen molar-refractivity contribution in [1.82, 2.24) is 30.3 Å². The summed E-state index contributed by atoms with van der Waals surface area (Å²) in [6.07, 6.45) is 0. The fourth-order valence-electron chi connectivity index (χ4n) is 1.92. The Labute approximate surface area is 132 Å². The molecule has 22 heavy (non-hydrogen) atoms. The number of hydrogen-bond acceptors (Lipinski definition) is 7. The number of hydrogen-bond donors (Lipinski definition) is 0. The summed E-state index contributed by atoms with van der Waals surface area (Å²) in [6, 6.07) is 8.22. The SMILES string of the molecule is CC(C)c1ccc(-c2noc(CSc3nnnn3C)n2)cc1. The largest absolute Gasteiger partial charge is 0.338 e. The second-order valence-corrected chi connectivity index (χ2v) is 6.10. The Morgan fingerprint density at radius 2 is 2.00 bits per heavy atom. The Morgan fingerprint density at radius 1 is 1.23 bits per heavy atom. The summed E-state index contributed by atoms with van der Waals surface area (Å²) in [5.41, 5.74) is 2.24. The van der Waals surface area contributed by atoms with Crippen molar-refractivity contribution in [2.24, 2.45) is 7.05 Å². The van der Waals surface area contributed by atoms with Gasteiger partial charge in [-0.05, 0) is 21.9 Å². The highest BCUT2D eigenvalue weighted by Crippen LogP contribution is 2.23. The second-order valence-electron chi connectivity index (χ2n) is 5.16. The summed E-state index contributed by atoms with van der Waals surface area (Å²) in [7, 11) is 1.79. The molecule has 1 aromatic carbocycles. The number of aryl methyl sites for hydroxylation is 1. The van der Waals surface area contributed by atoms with Crippen LogP contribution in [0.2, 0.25) is 0 Å². The maximum absolute atomic E-state index is 5.28. The first-order valence-corrected chi connectivity index (χ1v) is 7.90. The Kier molecular flexibility index (Phi) is 4.19. The zero-order valence-electron chi connectivity index (χ0n) is 12.6. The van der Waals surface area contributed by atoms with Crippen LogP contribution >= 0.6 is 11.8 Å². The third-order valence-electron chi connectivity index (χ3n) is 3.21. The van der Waals surface area contributed by atoms with E-state index in [0.717, 1.165) is 5.56 Å². The van der Waals surface area contributed by atoms with Crippen molar-refractivity contribution in [3.8, 4) is 11.4 Å². The molecule has 0 saturated carbocycles. The summed E-state index contributed by atoms with van der Waals surface area (Å²) >= 11 is 1.45. The van der Waals surface area contributed by atoms with E-state index >= 15 is 0 Å². The van der Waals surface area contributed by atoms with Crippen LogP contribution in [-0.4, -0.2) is 30.3 Å². The number of benzene rings is 1. The molecule has 2 heterocycles. The molecule has 0 fully saturated rings. The van der Waals surface area contributed by atoms with Crippen LogP contribution in [0.5, 0.6) is 0 Å². The van der Waals surface area contributed by atoms with Crippen molar-refractivity contribution in [1.29, 1.82) is 0 Å². The van der Waals surface area contributed by atoms with Crippen molar-refractivity contribution in [2.75, 3.05) is 0 Å². The molecule has 7 nitrogen and oxygen atoms in total. The highest BCUT2D eigenvalue weighted by molar-refractivity contribution is 7.98. The molecule has 0 aliphatic carbocycles. The van der Waals surface area contributed by atoms with Crippen LogP contribution < -0.4 is 0 Å². The molecule has 0 N–H and O–H groups in total. The highest BCUT2D eigenvalue weighted by atomic mass is 32.2. The lowest BCUT2D eigenvalue weighted by molar-refractivity contribution is 0.391. The molecule has 0 bridgehead atoms. The van der Waals surface area contributed by atoms with Crippen LogP contribution in [0.15, 0.2) is 33.9 Å². The fourth-order valence-corrected chi connectivity index (χ4v) is 2.61. The van der Waals surface area contributed by atoms with E-state index < -0.39 is 0 Å². The number of rotatable bonds is 5. The van der Waals surface area contributed by atoms with E-state index in [1.165, 1.54) is 17.3 Å². The van der Waals surface area contributed by atoms with Crippen molar-refractivity contribution in [3.05, 3.63) is 35.7 Å². The maximum Gasteiger partial charge on any atom is 0.237 e. The van der Waals surface area contributed by atoms with Crippen LogP contribution in [0.25, 0.3) is 11.4 Å². The van der Waals surface area contributed by atoms with Gasteiger partial charge in [0.1, 0.15) is 0 Å². The smallest absolute Gasteiger partial charge is 0.237 e. The molecule has 2 aromatic heterocycles. The van der Waals surface area contributed by atoms with E-state index in [0.29, 0.717) is 28.5 Å². The number of tetrazole rings is 1. The summed E-state index contributed by atoms with van der Waals surface area (Å²) in [5.74, 6) is 2.19. The summed E-state index contributed by atoms with van der Waals surface area (Å²) in [5, 5.41) is 16.0. The lowest BCUT2D eigenvalue weighted by Crippen LogP contribution is -1.93. The van der Waals surface area contributed by atoms with Gasteiger partial charge in [-0.1, -0.05) is 55.0 Å². The lowest BCUT2D eigenvalue weighted by Gasteiger charge is -2.04. The Morgan fingerprint density at radius 3 is 2.64 bits per heavy atom. The fraction of sp³-hybridized carbons (Fsp3) is 0.357.